The molecule has 0 aliphatic rings. The first-order valence-electron chi connectivity index (χ1n) is 4.31. The molecular formula is C6H13O7P3. The summed E-state index contributed by atoms with van der Waals surface area (Å²) in [6, 6.07) is 0. The summed E-state index contributed by atoms with van der Waals surface area (Å²) in [4.78, 5) is 35.3. The Balaban J connectivity index is 5.08. The van der Waals surface area contributed by atoms with Crippen molar-refractivity contribution in [3.63, 3.8) is 0 Å². The Kier molecular flexibility index (Phi) is 6.42. The van der Waals surface area contributed by atoms with Crippen LogP contribution >= 0.6 is 23.1 Å². The van der Waals surface area contributed by atoms with Gasteiger partial charge in [0, 0.05) is 0 Å². The van der Waals surface area contributed by atoms with E-state index in [9.17, 15) is 13.7 Å². The van der Waals surface area contributed by atoms with Gasteiger partial charge in [0.15, 0.2) is 0 Å². The zero-order valence-electron chi connectivity index (χ0n) is 8.42. The van der Waals surface area contributed by atoms with Crippen LogP contribution in [0.1, 0.15) is 19.8 Å². The average molecular weight is 290 g/mol. The van der Waals surface area contributed by atoms with Crippen LogP contribution in [0.15, 0.2) is 0 Å². The molecular weight excluding hydrogens is 277 g/mol. The van der Waals surface area contributed by atoms with Crippen LogP contribution in [0.3, 0.4) is 0 Å². The molecule has 0 spiro atoms. The zero-order valence-corrected chi connectivity index (χ0v) is 11.1. The molecule has 4 N–H and O–H groups in total. The third-order valence-corrected chi connectivity index (χ3v) is 6.25. The van der Waals surface area contributed by atoms with E-state index >= 15 is 0 Å². The van der Waals surface area contributed by atoms with Crippen LogP contribution in [0.25, 0.3) is 0 Å². The van der Waals surface area contributed by atoms with Crippen molar-refractivity contribution in [1.82, 2.24) is 0 Å². The van der Waals surface area contributed by atoms with Crippen LogP contribution in [-0.4, -0.2) is 25.0 Å². The van der Waals surface area contributed by atoms with Gasteiger partial charge in [0.05, 0.1) is 0 Å². The van der Waals surface area contributed by atoms with Crippen LogP contribution in [-0.2, 0) is 13.7 Å². The normalized spacial score (nSPS) is 14.6. The molecule has 0 aromatic carbocycles. The standard InChI is InChI=1S/C6H13O7P3/c1-2-5(4-14-7)3-6(15(8,9)10)16(11,12)13/h5-6H,2-3H2,1H3,(H2,8,9,10)(H2,11,12,13). The first-order valence-corrected chi connectivity index (χ1v) is 8.48. The van der Waals surface area contributed by atoms with Gasteiger partial charge in [0.25, 0.3) is 0 Å². The molecule has 7 nitrogen and oxygen atoms in total. The maximum absolute atomic E-state index is 10.9. The van der Waals surface area contributed by atoms with Gasteiger partial charge in [-0.25, -0.2) is 0 Å². The molecule has 94 valence electrons. The van der Waals surface area contributed by atoms with Gasteiger partial charge in [-0.05, 0) is 0 Å². The fourth-order valence-corrected chi connectivity index (χ4v) is 4.17. The second kappa shape index (κ2) is 6.30. The molecule has 0 saturated carbocycles. The van der Waals surface area contributed by atoms with Crippen molar-refractivity contribution >= 4 is 23.1 Å². The topological polar surface area (TPSA) is 132 Å². The van der Waals surface area contributed by atoms with Crippen molar-refractivity contribution in [3.8, 4) is 5.63 Å². The van der Waals surface area contributed by atoms with E-state index in [4.69, 9.17) is 19.6 Å². The van der Waals surface area contributed by atoms with Crippen LogP contribution < -0.4 is 0 Å². The Bertz CT molecular complexity index is 392. The molecule has 0 amide bonds. The summed E-state index contributed by atoms with van der Waals surface area (Å²) in [5, 5.41) is -2.06. The van der Waals surface area contributed by atoms with E-state index < -0.39 is 40.8 Å². The molecule has 0 heterocycles. The van der Waals surface area contributed by atoms with Crippen molar-refractivity contribution in [2.45, 2.75) is 25.2 Å². The van der Waals surface area contributed by atoms with Crippen LogP contribution in [0.4, 0.5) is 0 Å². The molecule has 1 atom stereocenters. The first kappa shape index (κ1) is 16.3. The van der Waals surface area contributed by atoms with E-state index in [2.05, 4.69) is 5.63 Å². The van der Waals surface area contributed by atoms with Crippen LogP contribution in [0.2, 0.25) is 0 Å². The molecule has 1 unspecified atom stereocenters. The minimum absolute atomic E-state index is 0.339. The summed E-state index contributed by atoms with van der Waals surface area (Å²) in [7, 11) is -10.2. The Hall–Kier alpha value is 0.310. The van der Waals surface area contributed by atoms with E-state index in [0.29, 0.717) is 6.42 Å². The van der Waals surface area contributed by atoms with Gasteiger partial charge in [-0.3, -0.25) is 0 Å². The van der Waals surface area contributed by atoms with Gasteiger partial charge in [0.2, 0.25) is 0 Å². The molecule has 10 heteroatoms. The molecule has 0 saturated heterocycles. The Labute approximate surface area is 93.7 Å². The van der Waals surface area contributed by atoms with Crippen molar-refractivity contribution in [1.29, 1.82) is 0 Å². The van der Waals surface area contributed by atoms with E-state index in [-0.39, 0.29) is 0 Å². The summed E-state index contributed by atoms with van der Waals surface area (Å²) >= 11 is 0. The molecule has 0 aliphatic heterocycles. The molecule has 0 fully saturated rings. The summed E-state index contributed by atoms with van der Waals surface area (Å²) in [6.45, 7) is 1.64. The molecule has 0 radical (unpaired) electrons. The molecule has 0 aromatic rings. The van der Waals surface area contributed by atoms with Gasteiger partial charge < -0.3 is 0 Å². The second-order valence-corrected chi connectivity index (χ2v) is 7.67. The summed E-state index contributed by atoms with van der Waals surface area (Å²) in [5.74, 6) is -0.635. The van der Waals surface area contributed by atoms with E-state index in [0.717, 1.165) is 0 Å². The van der Waals surface area contributed by atoms with Crippen molar-refractivity contribution in [3.05, 3.63) is 0 Å². The third kappa shape index (κ3) is 5.58. The molecule has 0 aromatic heterocycles. The quantitative estimate of drug-likeness (QED) is 0.561. The SMILES string of the molecule is CCC(C#P=O)CC(P(=O)(O)O)P(=O)(O)O. The van der Waals surface area contributed by atoms with E-state index in [1.165, 1.54) is 0 Å². The predicted molar refractivity (Wildman–Crippen MR) is 57.8 cm³/mol. The Morgan fingerprint density at radius 1 is 1.19 bits per heavy atom. The Morgan fingerprint density at radius 2 is 1.62 bits per heavy atom. The monoisotopic (exact) mass is 290 g/mol. The van der Waals surface area contributed by atoms with Crippen molar-refractivity contribution in [2.24, 2.45) is 5.92 Å². The van der Waals surface area contributed by atoms with E-state index in [1.807, 2.05) is 0 Å². The second-order valence-electron chi connectivity index (χ2n) is 3.22. The molecule has 0 bridgehead atoms. The van der Waals surface area contributed by atoms with Gasteiger partial charge in [-0.1, -0.05) is 0 Å². The van der Waals surface area contributed by atoms with Crippen LogP contribution in [0, 0.1) is 11.5 Å². The molecule has 16 heavy (non-hydrogen) atoms. The van der Waals surface area contributed by atoms with Gasteiger partial charge in [-0.15, -0.1) is 0 Å². The van der Waals surface area contributed by atoms with Gasteiger partial charge >= 0.3 is 93.1 Å². The fraction of sp³-hybridized carbons (Fsp3) is 0.833. The van der Waals surface area contributed by atoms with E-state index in [1.54, 1.807) is 6.92 Å². The fourth-order valence-electron chi connectivity index (χ4n) is 1.11. The number of hydrogen-bond donors (Lipinski definition) is 4. The van der Waals surface area contributed by atoms with Gasteiger partial charge in [0.1, 0.15) is 0 Å². The molecule has 0 aliphatic carbocycles. The first-order chi connectivity index (χ1) is 7.12. The summed E-state index contributed by atoms with van der Waals surface area (Å²) in [6.07, 6.45) is -0.105. The van der Waals surface area contributed by atoms with Gasteiger partial charge in [-0.2, -0.15) is 0 Å². The van der Waals surface area contributed by atoms with Crippen LogP contribution in [0.5, 0.6) is 0 Å². The number of hydrogen-bond acceptors (Lipinski definition) is 3. The minimum atomic E-state index is -4.90. The van der Waals surface area contributed by atoms with Crippen molar-refractivity contribution < 1.29 is 33.3 Å². The maximum atomic E-state index is 10.9. The van der Waals surface area contributed by atoms with Crippen molar-refractivity contribution in [2.75, 3.05) is 0 Å². The zero-order chi connectivity index (χ0) is 13.0. The third-order valence-electron chi connectivity index (χ3n) is 2.00. The predicted octanol–water partition coefficient (Wildman–Crippen LogP) is 1.34. The Morgan fingerprint density at radius 3 is 1.88 bits per heavy atom. The summed E-state index contributed by atoms with van der Waals surface area (Å²) < 4.78 is 32.1. The average Bonchev–Trinajstić information content (AvgIpc) is 2.07. The summed E-state index contributed by atoms with van der Waals surface area (Å²) in [5.41, 5.74) is 2.34. The number of rotatable bonds is 5. The molecule has 0 rings (SSSR count).